The Morgan fingerprint density at radius 1 is 1.27 bits per heavy atom. The molecule has 2 rings (SSSR count). The van der Waals surface area contributed by atoms with Crippen molar-refractivity contribution in [3.63, 3.8) is 0 Å². The van der Waals surface area contributed by atoms with Gasteiger partial charge in [0.2, 0.25) is 0 Å². The van der Waals surface area contributed by atoms with Crippen LogP contribution >= 0.6 is 11.6 Å². The van der Waals surface area contributed by atoms with Crippen LogP contribution in [0.2, 0.25) is 18.1 Å². The van der Waals surface area contributed by atoms with Crippen molar-refractivity contribution in [1.82, 2.24) is 4.90 Å². The highest BCUT2D eigenvalue weighted by Gasteiger charge is 2.48. The van der Waals surface area contributed by atoms with Gasteiger partial charge in [0.15, 0.2) is 8.32 Å². The van der Waals surface area contributed by atoms with E-state index >= 15 is 0 Å². The smallest absolute Gasteiger partial charge is 0.303 e. The molecule has 0 radical (unpaired) electrons. The van der Waals surface area contributed by atoms with Crippen LogP contribution in [0.3, 0.4) is 0 Å². The van der Waals surface area contributed by atoms with Gasteiger partial charge in [0.25, 0.3) is 0 Å². The fraction of sp³-hybridized carbons (Fsp3) is 0.889. The minimum Gasteiger partial charge on any atom is -0.481 e. The van der Waals surface area contributed by atoms with Crippen molar-refractivity contribution in [2.24, 2.45) is 5.41 Å². The van der Waals surface area contributed by atoms with Crippen molar-refractivity contribution >= 4 is 25.9 Å². The summed E-state index contributed by atoms with van der Waals surface area (Å²) in [5.74, 6) is -0.714. The number of rotatable bonds is 14. The number of carboxylic acids is 1. The Labute approximate surface area is 209 Å². The number of likely N-dealkylation sites (tertiary alicyclic amines) is 1. The summed E-state index contributed by atoms with van der Waals surface area (Å²) in [7, 11) is -1.80. The zero-order chi connectivity index (χ0) is 24.7. The van der Waals surface area contributed by atoms with Gasteiger partial charge >= 0.3 is 5.97 Å². The van der Waals surface area contributed by atoms with Gasteiger partial charge in [-0.2, -0.15) is 0 Å². The van der Waals surface area contributed by atoms with Crippen molar-refractivity contribution < 1.29 is 14.3 Å². The molecule has 0 aromatic rings. The largest absolute Gasteiger partial charge is 0.481 e. The molecule has 1 aliphatic heterocycles. The molecule has 1 saturated carbocycles. The first-order valence-corrected chi connectivity index (χ1v) is 16.7. The van der Waals surface area contributed by atoms with Crippen LogP contribution in [0, 0.1) is 5.41 Å². The lowest BCUT2D eigenvalue weighted by Gasteiger charge is -2.51. The number of hydrogen-bond donors (Lipinski definition) is 1. The Balaban J connectivity index is 1.90. The van der Waals surface area contributed by atoms with E-state index in [-0.39, 0.29) is 16.8 Å². The summed E-state index contributed by atoms with van der Waals surface area (Å²) < 4.78 is 7.07. The quantitative estimate of drug-likeness (QED) is 0.115. The summed E-state index contributed by atoms with van der Waals surface area (Å²) in [5.41, 5.74) is 0.396. The van der Waals surface area contributed by atoms with E-state index in [1.54, 1.807) is 0 Å². The van der Waals surface area contributed by atoms with E-state index in [0.29, 0.717) is 24.0 Å². The number of carbonyl (C=O) groups is 1. The first kappa shape index (κ1) is 28.9. The van der Waals surface area contributed by atoms with E-state index < -0.39 is 14.3 Å². The topological polar surface area (TPSA) is 49.8 Å². The highest BCUT2D eigenvalue weighted by molar-refractivity contribution is 6.74. The van der Waals surface area contributed by atoms with Gasteiger partial charge < -0.3 is 9.53 Å². The lowest BCUT2D eigenvalue weighted by atomic mass is 9.62. The molecule has 1 N–H and O–H groups in total. The molecule has 0 amide bonds. The Bertz CT molecular complexity index is 636. The normalized spacial score (nSPS) is 24.8. The number of halogens is 1. The summed E-state index contributed by atoms with van der Waals surface area (Å²) in [5, 5.41) is 9.22. The van der Waals surface area contributed by atoms with Gasteiger partial charge in [0, 0.05) is 12.5 Å². The van der Waals surface area contributed by atoms with Crippen molar-refractivity contribution in [3.8, 4) is 0 Å². The summed E-state index contributed by atoms with van der Waals surface area (Å²) in [4.78, 5) is 13.2. The van der Waals surface area contributed by atoms with Gasteiger partial charge in [-0.05, 0) is 94.4 Å². The van der Waals surface area contributed by atoms with Crippen molar-refractivity contribution in [2.45, 2.75) is 134 Å². The Morgan fingerprint density at radius 3 is 2.52 bits per heavy atom. The second-order valence-corrected chi connectivity index (χ2v) is 17.3. The maximum atomic E-state index is 10.7. The lowest BCUT2D eigenvalue weighted by molar-refractivity contribution is -0.137. The highest BCUT2D eigenvalue weighted by Crippen LogP contribution is 2.51. The average Bonchev–Trinajstić information content (AvgIpc) is 3.02. The number of aliphatic carboxylic acids is 1. The Morgan fingerprint density at radius 2 is 1.97 bits per heavy atom. The molecule has 0 spiro atoms. The second-order valence-electron chi connectivity index (χ2n) is 12.0. The molecule has 1 aliphatic carbocycles. The summed E-state index contributed by atoms with van der Waals surface area (Å²) >= 11 is 6.69. The fourth-order valence-electron chi connectivity index (χ4n) is 5.21. The standard InChI is InChI=1S/C27H50ClNO3Si/c1-7-27(18-13-19-27)24(32-33(5,6)26(2,3)4)15-12-20-29-21-17-22(28)23(29)14-10-8-9-11-16-25(30)31/h8,10,22-24H,7,9,11-21H2,1-6H3,(H,30,31)/t22-,23+,24?/m1/s1. The fourth-order valence-corrected chi connectivity index (χ4v) is 7.00. The molecule has 3 atom stereocenters. The van der Waals surface area contributed by atoms with E-state index in [1.807, 2.05) is 0 Å². The molecule has 4 nitrogen and oxygen atoms in total. The Hall–Kier alpha value is -0.363. The molecule has 6 heteroatoms. The van der Waals surface area contributed by atoms with Gasteiger partial charge in [-0.15, -0.1) is 11.6 Å². The molecule has 0 aromatic heterocycles. The van der Waals surface area contributed by atoms with Gasteiger partial charge in [-0.3, -0.25) is 9.69 Å². The summed E-state index contributed by atoms with van der Waals surface area (Å²) in [6.45, 7) is 16.4. The van der Waals surface area contributed by atoms with Crippen LogP contribution in [0.5, 0.6) is 0 Å². The van der Waals surface area contributed by atoms with Crippen LogP contribution < -0.4 is 0 Å². The third kappa shape index (κ3) is 8.08. The first-order chi connectivity index (χ1) is 15.4. The molecule has 0 bridgehead atoms. The first-order valence-electron chi connectivity index (χ1n) is 13.3. The maximum absolute atomic E-state index is 10.7. The molecule has 2 fully saturated rings. The van der Waals surface area contributed by atoms with E-state index in [4.69, 9.17) is 21.1 Å². The van der Waals surface area contributed by atoms with Crippen molar-refractivity contribution in [3.05, 3.63) is 12.2 Å². The van der Waals surface area contributed by atoms with E-state index in [0.717, 1.165) is 38.8 Å². The molecule has 1 unspecified atom stereocenters. The molecular formula is C27H50ClNO3Si. The van der Waals surface area contributed by atoms with Crippen LogP contribution in [-0.4, -0.2) is 54.9 Å². The van der Waals surface area contributed by atoms with E-state index in [9.17, 15) is 4.79 Å². The molecule has 0 aromatic carbocycles. The van der Waals surface area contributed by atoms with E-state index in [1.165, 1.54) is 32.1 Å². The molecule has 1 heterocycles. The van der Waals surface area contributed by atoms with Gasteiger partial charge in [0.1, 0.15) is 0 Å². The SMILES string of the molecule is CCC1(C(CCCN2CC[C@@H](Cl)[C@@H]2CC=CCCCC(=O)O)O[Si](C)(C)C(C)(C)C)CCC1. The molecule has 33 heavy (non-hydrogen) atoms. The third-order valence-corrected chi connectivity index (χ3v) is 13.8. The second kappa shape index (κ2) is 12.6. The van der Waals surface area contributed by atoms with Crippen LogP contribution in [0.4, 0.5) is 0 Å². The average molecular weight is 500 g/mol. The zero-order valence-corrected chi connectivity index (χ0v) is 23.9. The number of nitrogens with zero attached hydrogens (tertiary/aromatic N) is 1. The van der Waals surface area contributed by atoms with Gasteiger partial charge in [0.05, 0.1) is 11.5 Å². The van der Waals surface area contributed by atoms with Gasteiger partial charge in [-0.25, -0.2) is 0 Å². The highest BCUT2D eigenvalue weighted by atomic mass is 35.5. The molecular weight excluding hydrogens is 450 g/mol. The monoisotopic (exact) mass is 499 g/mol. The van der Waals surface area contributed by atoms with Crippen molar-refractivity contribution in [1.29, 1.82) is 0 Å². The molecule has 2 aliphatic rings. The Kier molecular flexibility index (Phi) is 11.0. The number of alkyl halides is 1. The summed E-state index contributed by atoms with van der Waals surface area (Å²) in [6, 6.07) is 0.394. The number of unbranched alkanes of at least 4 members (excludes halogenated alkanes) is 1. The van der Waals surface area contributed by atoms with Crippen molar-refractivity contribution in [2.75, 3.05) is 13.1 Å². The van der Waals surface area contributed by atoms with E-state index in [2.05, 4.69) is 57.8 Å². The minimum absolute atomic E-state index is 0.210. The molecule has 192 valence electrons. The van der Waals surface area contributed by atoms with Crippen LogP contribution in [0.1, 0.15) is 98.3 Å². The summed E-state index contributed by atoms with van der Waals surface area (Å²) in [6.07, 6.45) is 16.1. The minimum atomic E-state index is -1.80. The van der Waals surface area contributed by atoms with Crippen LogP contribution in [0.25, 0.3) is 0 Å². The lowest BCUT2D eigenvalue weighted by Crippen LogP contribution is -2.51. The predicted molar refractivity (Wildman–Crippen MR) is 143 cm³/mol. The predicted octanol–water partition coefficient (Wildman–Crippen LogP) is 7.62. The maximum Gasteiger partial charge on any atom is 0.303 e. The molecule has 1 saturated heterocycles. The third-order valence-electron chi connectivity index (χ3n) is 8.78. The van der Waals surface area contributed by atoms with Crippen LogP contribution in [0.15, 0.2) is 12.2 Å². The number of hydrogen-bond acceptors (Lipinski definition) is 3. The number of allylic oxidation sites excluding steroid dienone is 1. The van der Waals surface area contributed by atoms with Crippen LogP contribution in [-0.2, 0) is 9.22 Å². The zero-order valence-electron chi connectivity index (χ0n) is 22.2. The van der Waals surface area contributed by atoms with Gasteiger partial charge in [-0.1, -0.05) is 46.3 Å². The number of carboxylic acid groups (broad SMARTS) is 1.